The van der Waals surface area contributed by atoms with Gasteiger partial charge in [-0.1, -0.05) is 55.1 Å². The summed E-state index contributed by atoms with van der Waals surface area (Å²) in [6.07, 6.45) is 2.94. The third-order valence-corrected chi connectivity index (χ3v) is 3.70. The molecule has 0 aromatic heterocycles. The van der Waals surface area contributed by atoms with E-state index in [1.54, 1.807) is 6.08 Å². The number of ketones is 1. The normalized spacial score (nSPS) is 19.2. The van der Waals surface area contributed by atoms with Crippen LogP contribution in [0.4, 0.5) is 0 Å². The number of carbonyl (C=O) groups excluding carboxylic acids is 1. The molecule has 4 heteroatoms. The van der Waals surface area contributed by atoms with Gasteiger partial charge in [-0.25, -0.2) is 0 Å². The summed E-state index contributed by atoms with van der Waals surface area (Å²) in [6.45, 7) is 5.70. The van der Waals surface area contributed by atoms with Gasteiger partial charge in [0.05, 0.1) is 11.3 Å². The van der Waals surface area contributed by atoms with Crippen molar-refractivity contribution in [2.45, 2.75) is 32.1 Å². The molecule has 1 unspecified atom stereocenters. The monoisotopic (exact) mass is 299 g/mol. The van der Waals surface area contributed by atoms with Crippen LogP contribution >= 0.6 is 0 Å². The number of nitrogens with zero attached hydrogens (tertiary/aromatic N) is 1. The highest BCUT2D eigenvalue weighted by Gasteiger charge is 2.31. The van der Waals surface area contributed by atoms with Gasteiger partial charge in [0.1, 0.15) is 12.4 Å². The van der Waals surface area contributed by atoms with Crippen molar-refractivity contribution in [3.05, 3.63) is 59.9 Å². The molecule has 1 atom stereocenters. The minimum absolute atomic E-state index is 0.0182. The molecule has 0 saturated heterocycles. The maximum atomic E-state index is 12.4. The van der Waals surface area contributed by atoms with Gasteiger partial charge in [-0.3, -0.25) is 4.79 Å². The van der Waals surface area contributed by atoms with Gasteiger partial charge in [0.15, 0.2) is 5.78 Å². The first-order valence-electron chi connectivity index (χ1n) is 7.47. The van der Waals surface area contributed by atoms with E-state index in [0.29, 0.717) is 30.5 Å². The van der Waals surface area contributed by atoms with Gasteiger partial charge in [0.25, 0.3) is 0 Å². The average molecular weight is 299 g/mol. The average Bonchev–Trinajstić information content (AvgIpc) is 2.53. The van der Waals surface area contributed by atoms with Crippen molar-refractivity contribution >= 4 is 11.5 Å². The van der Waals surface area contributed by atoms with E-state index in [0.717, 1.165) is 5.56 Å². The summed E-state index contributed by atoms with van der Waals surface area (Å²) in [5.41, 5.74) is 1.88. The van der Waals surface area contributed by atoms with Gasteiger partial charge < -0.3 is 9.94 Å². The number of benzene rings is 1. The molecule has 1 aliphatic carbocycles. The van der Waals surface area contributed by atoms with E-state index in [4.69, 9.17) is 4.84 Å². The summed E-state index contributed by atoms with van der Waals surface area (Å²) in [4.78, 5) is 17.5. The third-order valence-electron chi connectivity index (χ3n) is 3.70. The Kier molecular flexibility index (Phi) is 5.53. The number of hydrogen-bond acceptors (Lipinski definition) is 4. The lowest BCUT2D eigenvalue weighted by Gasteiger charge is -2.24. The smallest absolute Gasteiger partial charge is 0.168 e. The van der Waals surface area contributed by atoms with Crippen LogP contribution in [0.2, 0.25) is 0 Å². The summed E-state index contributed by atoms with van der Waals surface area (Å²) in [5, 5.41) is 14.3. The Bertz CT molecular complexity index is 602. The van der Waals surface area contributed by atoms with Crippen molar-refractivity contribution in [1.29, 1.82) is 0 Å². The second kappa shape index (κ2) is 7.59. The summed E-state index contributed by atoms with van der Waals surface area (Å²) >= 11 is 0. The van der Waals surface area contributed by atoms with E-state index < -0.39 is 0 Å². The van der Waals surface area contributed by atoms with Crippen LogP contribution in [0.25, 0.3) is 0 Å². The highest BCUT2D eigenvalue weighted by atomic mass is 16.6. The molecule has 22 heavy (non-hydrogen) atoms. The van der Waals surface area contributed by atoms with Gasteiger partial charge >= 0.3 is 0 Å². The fourth-order valence-electron chi connectivity index (χ4n) is 2.64. The summed E-state index contributed by atoms with van der Waals surface area (Å²) in [5.74, 6) is 0.0398. The zero-order valence-corrected chi connectivity index (χ0v) is 12.8. The van der Waals surface area contributed by atoms with Gasteiger partial charge in [-0.05, 0) is 17.9 Å². The van der Waals surface area contributed by atoms with Crippen molar-refractivity contribution in [2.75, 3.05) is 6.61 Å². The molecule has 0 radical (unpaired) electrons. The lowest BCUT2D eigenvalue weighted by Crippen LogP contribution is -2.23. The molecule has 116 valence electrons. The van der Waals surface area contributed by atoms with Gasteiger partial charge in [0.2, 0.25) is 0 Å². The molecule has 0 fully saturated rings. The number of Topliss-reactive ketones (excluding diaryl/α,β-unsaturated/α-hetero) is 1. The Morgan fingerprint density at radius 2 is 2.14 bits per heavy atom. The molecule has 1 N–H and O–H groups in total. The maximum Gasteiger partial charge on any atom is 0.168 e. The standard InChI is InChI=1S/C18H21NO3/c1-3-10-22-19-15(4-2)18-16(20)11-14(12-17(18)21)13-8-6-5-7-9-13/h3,5-9,14,20H,1,4,10-12H2,2H3. The number of aliphatic hydroxyl groups excluding tert-OH is 1. The highest BCUT2D eigenvalue weighted by Crippen LogP contribution is 2.34. The maximum absolute atomic E-state index is 12.4. The number of carbonyl (C=O) groups is 1. The van der Waals surface area contributed by atoms with Crippen LogP contribution in [0.1, 0.15) is 37.7 Å². The van der Waals surface area contributed by atoms with Crippen molar-refractivity contribution in [2.24, 2.45) is 5.16 Å². The Morgan fingerprint density at radius 3 is 2.73 bits per heavy atom. The van der Waals surface area contributed by atoms with Crippen LogP contribution < -0.4 is 0 Å². The Labute approximate surface area is 130 Å². The van der Waals surface area contributed by atoms with Crippen LogP contribution in [-0.4, -0.2) is 23.2 Å². The van der Waals surface area contributed by atoms with Gasteiger partial charge in [0, 0.05) is 12.8 Å². The Balaban J connectivity index is 2.24. The summed E-state index contributed by atoms with van der Waals surface area (Å²) < 4.78 is 0. The second-order valence-electron chi connectivity index (χ2n) is 5.24. The molecule has 1 aliphatic rings. The van der Waals surface area contributed by atoms with Crippen LogP contribution in [0.15, 0.2) is 59.5 Å². The molecule has 1 aromatic rings. The van der Waals surface area contributed by atoms with E-state index in [1.807, 2.05) is 37.3 Å². The number of hydrogen-bond donors (Lipinski definition) is 1. The van der Waals surface area contributed by atoms with Gasteiger partial charge in [-0.15, -0.1) is 0 Å². The predicted octanol–water partition coefficient (Wildman–Crippen LogP) is 3.91. The topological polar surface area (TPSA) is 58.9 Å². The molecule has 0 spiro atoms. The van der Waals surface area contributed by atoms with E-state index in [-0.39, 0.29) is 24.1 Å². The van der Waals surface area contributed by atoms with E-state index in [2.05, 4.69) is 11.7 Å². The van der Waals surface area contributed by atoms with Gasteiger partial charge in [-0.2, -0.15) is 0 Å². The first-order valence-corrected chi connectivity index (χ1v) is 7.47. The van der Waals surface area contributed by atoms with E-state index in [1.165, 1.54) is 0 Å². The number of allylic oxidation sites excluding steroid dienone is 2. The van der Waals surface area contributed by atoms with Crippen LogP contribution in [0.3, 0.4) is 0 Å². The highest BCUT2D eigenvalue weighted by molar-refractivity contribution is 6.23. The Hall–Kier alpha value is -2.36. The molecule has 0 aliphatic heterocycles. The molecule has 0 heterocycles. The fraction of sp³-hybridized carbons (Fsp3) is 0.333. The number of aliphatic hydroxyl groups is 1. The summed E-state index contributed by atoms with van der Waals surface area (Å²) in [6, 6.07) is 9.79. The molecule has 0 bridgehead atoms. The van der Waals surface area contributed by atoms with E-state index in [9.17, 15) is 9.90 Å². The van der Waals surface area contributed by atoms with Crippen molar-refractivity contribution in [3.63, 3.8) is 0 Å². The molecule has 2 rings (SSSR count). The lowest BCUT2D eigenvalue weighted by molar-refractivity contribution is -0.116. The predicted molar refractivity (Wildman–Crippen MR) is 87.0 cm³/mol. The van der Waals surface area contributed by atoms with Crippen molar-refractivity contribution in [3.8, 4) is 0 Å². The van der Waals surface area contributed by atoms with E-state index >= 15 is 0 Å². The van der Waals surface area contributed by atoms with Crippen LogP contribution in [0, 0.1) is 0 Å². The SMILES string of the molecule is C=CCON=C(CC)C1=C(O)CC(c2ccccc2)CC1=O. The largest absolute Gasteiger partial charge is 0.511 e. The molecular formula is C18H21NO3. The molecular weight excluding hydrogens is 278 g/mol. The second-order valence-corrected chi connectivity index (χ2v) is 5.24. The lowest BCUT2D eigenvalue weighted by atomic mass is 9.81. The summed E-state index contributed by atoms with van der Waals surface area (Å²) in [7, 11) is 0. The minimum atomic E-state index is -0.0830. The van der Waals surface area contributed by atoms with Crippen molar-refractivity contribution < 1.29 is 14.7 Å². The third kappa shape index (κ3) is 3.64. The Morgan fingerprint density at radius 1 is 1.41 bits per heavy atom. The van der Waals surface area contributed by atoms with Crippen LogP contribution in [-0.2, 0) is 9.63 Å². The number of oxime groups is 1. The van der Waals surface area contributed by atoms with Crippen molar-refractivity contribution in [1.82, 2.24) is 0 Å². The van der Waals surface area contributed by atoms with Crippen LogP contribution in [0.5, 0.6) is 0 Å². The zero-order chi connectivity index (χ0) is 15.9. The minimum Gasteiger partial charge on any atom is -0.511 e. The first-order chi connectivity index (χ1) is 10.7. The molecule has 0 saturated carbocycles. The fourth-order valence-corrected chi connectivity index (χ4v) is 2.64. The molecule has 1 aromatic carbocycles. The molecule has 0 amide bonds. The number of rotatable bonds is 6. The molecule has 4 nitrogen and oxygen atoms in total. The quantitative estimate of drug-likeness (QED) is 0.375. The zero-order valence-electron chi connectivity index (χ0n) is 12.8. The first kappa shape index (κ1) is 16.0.